The van der Waals surface area contributed by atoms with Gasteiger partial charge in [0.15, 0.2) is 5.78 Å². The normalized spacial score (nSPS) is 9.50. The van der Waals surface area contributed by atoms with Crippen LogP contribution in [0.1, 0.15) is 41.3 Å². The molecule has 0 aliphatic rings. The number of aryl methyl sites for hydroxylation is 1. The van der Waals surface area contributed by atoms with Crippen LogP contribution in [-0.2, 0) is 0 Å². The average Bonchev–Trinajstić information content (AvgIpc) is 2.17. The summed E-state index contributed by atoms with van der Waals surface area (Å²) in [6, 6.07) is 7.32. The van der Waals surface area contributed by atoms with E-state index in [2.05, 4.69) is 6.07 Å². The molecule has 0 saturated heterocycles. The number of nitrogens with zero attached hydrogens (tertiary/aromatic N) is 1. The van der Waals surface area contributed by atoms with E-state index in [0.29, 0.717) is 17.5 Å². The van der Waals surface area contributed by atoms with Gasteiger partial charge in [-0.25, -0.2) is 0 Å². The van der Waals surface area contributed by atoms with Gasteiger partial charge in [0.1, 0.15) is 0 Å². The Morgan fingerprint density at radius 2 is 2.14 bits per heavy atom. The van der Waals surface area contributed by atoms with Crippen LogP contribution in [0.25, 0.3) is 0 Å². The van der Waals surface area contributed by atoms with E-state index in [0.717, 1.165) is 12.0 Å². The third-order valence-electron chi connectivity index (χ3n) is 2.01. The molecular weight excluding hydrogens is 174 g/mol. The van der Waals surface area contributed by atoms with Gasteiger partial charge in [0, 0.05) is 12.0 Å². The molecule has 1 aromatic rings. The largest absolute Gasteiger partial charge is 0.294 e. The Hall–Kier alpha value is -1.62. The van der Waals surface area contributed by atoms with Crippen molar-refractivity contribution < 1.29 is 4.79 Å². The lowest BCUT2D eigenvalue weighted by Gasteiger charge is -2.01. The molecule has 0 aliphatic heterocycles. The second-order valence-corrected chi connectivity index (χ2v) is 3.37. The highest BCUT2D eigenvalue weighted by Crippen LogP contribution is 2.11. The first-order valence-electron chi connectivity index (χ1n) is 4.72. The molecule has 2 heteroatoms. The molecular formula is C12H13NO. The summed E-state index contributed by atoms with van der Waals surface area (Å²) >= 11 is 0. The zero-order chi connectivity index (χ0) is 10.6. The number of nitriles is 1. The second kappa shape index (κ2) is 4.57. The van der Waals surface area contributed by atoms with Crippen LogP contribution < -0.4 is 0 Å². The van der Waals surface area contributed by atoms with Crippen molar-refractivity contribution in [3.05, 3.63) is 34.9 Å². The average molecular weight is 187 g/mol. The van der Waals surface area contributed by atoms with E-state index >= 15 is 0 Å². The van der Waals surface area contributed by atoms with E-state index in [1.54, 1.807) is 12.1 Å². The number of ketones is 1. The molecule has 0 heterocycles. The van der Waals surface area contributed by atoms with Gasteiger partial charge in [-0.05, 0) is 37.1 Å². The minimum absolute atomic E-state index is 0.118. The van der Waals surface area contributed by atoms with Gasteiger partial charge in [-0.1, -0.05) is 6.92 Å². The number of hydrogen-bond donors (Lipinski definition) is 0. The lowest BCUT2D eigenvalue weighted by Crippen LogP contribution is -1.99. The van der Waals surface area contributed by atoms with Crippen LogP contribution in [0.3, 0.4) is 0 Å². The monoisotopic (exact) mass is 187 g/mol. The van der Waals surface area contributed by atoms with E-state index in [4.69, 9.17) is 5.26 Å². The number of benzene rings is 1. The summed E-state index contributed by atoms with van der Waals surface area (Å²) in [4.78, 5) is 11.6. The van der Waals surface area contributed by atoms with Crippen molar-refractivity contribution >= 4 is 5.78 Å². The maximum atomic E-state index is 11.6. The quantitative estimate of drug-likeness (QED) is 0.683. The maximum Gasteiger partial charge on any atom is 0.162 e. The Morgan fingerprint density at radius 3 is 2.71 bits per heavy atom. The predicted molar refractivity (Wildman–Crippen MR) is 55.1 cm³/mol. The molecule has 0 radical (unpaired) electrons. The van der Waals surface area contributed by atoms with Crippen LogP contribution in [0, 0.1) is 18.3 Å². The van der Waals surface area contributed by atoms with Gasteiger partial charge in [-0.2, -0.15) is 5.26 Å². The highest BCUT2D eigenvalue weighted by atomic mass is 16.1. The molecule has 2 nitrogen and oxygen atoms in total. The zero-order valence-electron chi connectivity index (χ0n) is 8.50. The van der Waals surface area contributed by atoms with Crippen LogP contribution in [0.4, 0.5) is 0 Å². The lowest BCUT2D eigenvalue weighted by atomic mass is 10.0. The Morgan fingerprint density at radius 1 is 1.43 bits per heavy atom. The predicted octanol–water partition coefficient (Wildman–Crippen LogP) is 2.85. The summed E-state index contributed by atoms with van der Waals surface area (Å²) in [5.41, 5.74) is 2.18. The Bertz CT molecular complexity index is 388. The van der Waals surface area contributed by atoms with Gasteiger partial charge in [-0.15, -0.1) is 0 Å². The van der Waals surface area contributed by atoms with E-state index in [1.165, 1.54) is 0 Å². The standard InChI is InChI=1S/C12H13NO/c1-3-4-12(14)11-6-9(2)5-10(7-11)8-13/h5-7H,3-4H2,1-2H3. The Labute approximate surface area is 84.2 Å². The fraction of sp³-hybridized carbons (Fsp3) is 0.333. The number of Topliss-reactive ketones (excluding diaryl/α,β-unsaturated/α-hetero) is 1. The summed E-state index contributed by atoms with van der Waals surface area (Å²) < 4.78 is 0. The molecule has 1 rings (SSSR count). The minimum Gasteiger partial charge on any atom is -0.294 e. The molecule has 0 spiro atoms. The smallest absolute Gasteiger partial charge is 0.162 e. The first-order chi connectivity index (χ1) is 6.67. The van der Waals surface area contributed by atoms with E-state index < -0.39 is 0 Å². The number of carbonyl (C=O) groups is 1. The molecule has 0 saturated carbocycles. The Balaban J connectivity index is 3.04. The van der Waals surface area contributed by atoms with Crippen LogP contribution in [0.5, 0.6) is 0 Å². The molecule has 0 aromatic heterocycles. The number of rotatable bonds is 3. The van der Waals surface area contributed by atoms with Gasteiger partial charge in [0.2, 0.25) is 0 Å². The first-order valence-corrected chi connectivity index (χ1v) is 4.72. The molecule has 72 valence electrons. The third kappa shape index (κ3) is 2.43. The summed E-state index contributed by atoms with van der Waals surface area (Å²) in [6.45, 7) is 3.86. The summed E-state index contributed by atoms with van der Waals surface area (Å²) in [7, 11) is 0. The van der Waals surface area contributed by atoms with Crippen molar-refractivity contribution in [3.63, 3.8) is 0 Å². The molecule has 1 aromatic carbocycles. The maximum absolute atomic E-state index is 11.6. The van der Waals surface area contributed by atoms with Gasteiger partial charge >= 0.3 is 0 Å². The molecule has 0 unspecified atom stereocenters. The van der Waals surface area contributed by atoms with Gasteiger partial charge in [0.05, 0.1) is 11.6 Å². The number of carbonyl (C=O) groups excluding carboxylic acids is 1. The highest BCUT2D eigenvalue weighted by molar-refractivity contribution is 5.96. The van der Waals surface area contributed by atoms with E-state index in [9.17, 15) is 4.79 Å². The van der Waals surface area contributed by atoms with Crippen molar-refractivity contribution in [1.29, 1.82) is 5.26 Å². The molecule has 0 aliphatic carbocycles. The van der Waals surface area contributed by atoms with Gasteiger partial charge in [-0.3, -0.25) is 4.79 Å². The van der Waals surface area contributed by atoms with Crippen LogP contribution in [0.2, 0.25) is 0 Å². The first kappa shape index (κ1) is 10.5. The number of hydrogen-bond acceptors (Lipinski definition) is 2. The fourth-order valence-corrected chi connectivity index (χ4v) is 1.38. The van der Waals surface area contributed by atoms with Gasteiger partial charge < -0.3 is 0 Å². The SMILES string of the molecule is CCCC(=O)c1cc(C)cc(C#N)c1. The molecule has 0 atom stereocenters. The summed E-state index contributed by atoms with van der Waals surface area (Å²) in [5.74, 6) is 0.118. The van der Waals surface area contributed by atoms with Gasteiger partial charge in [0.25, 0.3) is 0 Å². The van der Waals surface area contributed by atoms with Crippen molar-refractivity contribution in [1.82, 2.24) is 0 Å². The van der Waals surface area contributed by atoms with Crippen LogP contribution in [0.15, 0.2) is 18.2 Å². The summed E-state index contributed by atoms with van der Waals surface area (Å²) in [6.07, 6.45) is 1.39. The molecule has 0 N–H and O–H groups in total. The second-order valence-electron chi connectivity index (χ2n) is 3.37. The van der Waals surface area contributed by atoms with Crippen molar-refractivity contribution in [2.45, 2.75) is 26.7 Å². The van der Waals surface area contributed by atoms with Crippen molar-refractivity contribution in [2.75, 3.05) is 0 Å². The third-order valence-corrected chi connectivity index (χ3v) is 2.01. The van der Waals surface area contributed by atoms with E-state index in [-0.39, 0.29) is 5.78 Å². The minimum atomic E-state index is 0.118. The Kier molecular flexibility index (Phi) is 3.41. The fourth-order valence-electron chi connectivity index (χ4n) is 1.38. The molecule has 0 fully saturated rings. The molecule has 0 amide bonds. The lowest BCUT2D eigenvalue weighted by molar-refractivity contribution is 0.0981. The van der Waals surface area contributed by atoms with Crippen molar-refractivity contribution in [2.24, 2.45) is 0 Å². The van der Waals surface area contributed by atoms with Crippen LogP contribution in [-0.4, -0.2) is 5.78 Å². The summed E-state index contributed by atoms with van der Waals surface area (Å²) in [5, 5.41) is 8.74. The van der Waals surface area contributed by atoms with Crippen molar-refractivity contribution in [3.8, 4) is 6.07 Å². The highest BCUT2D eigenvalue weighted by Gasteiger charge is 2.06. The topological polar surface area (TPSA) is 40.9 Å². The zero-order valence-corrected chi connectivity index (χ0v) is 8.50. The molecule has 14 heavy (non-hydrogen) atoms. The van der Waals surface area contributed by atoms with E-state index in [1.807, 2.05) is 19.9 Å². The molecule has 0 bridgehead atoms. The van der Waals surface area contributed by atoms with Crippen LogP contribution >= 0.6 is 0 Å².